The number of carbonyl (C=O) groups is 1. The third kappa shape index (κ3) is 4.64. The van der Waals surface area contributed by atoms with Crippen molar-refractivity contribution in [1.82, 2.24) is 20.3 Å². The molecular weight excluding hydrogens is 376 g/mol. The van der Waals surface area contributed by atoms with E-state index in [1.807, 2.05) is 0 Å². The number of nitrogens with zero attached hydrogens (tertiary/aromatic N) is 3. The number of pyridine rings is 2. The average molecular weight is 391 g/mol. The number of halogens is 2. The molecule has 4 N–H and O–H groups in total. The van der Waals surface area contributed by atoms with Crippen molar-refractivity contribution in [2.45, 2.75) is 6.10 Å². The van der Waals surface area contributed by atoms with Gasteiger partial charge in [-0.25, -0.2) is 23.7 Å². The Morgan fingerprint density at radius 1 is 1.14 bits per heavy atom. The number of hydrogen-bond donors (Lipinski definition) is 4. The molecule has 1 amide bonds. The Morgan fingerprint density at radius 2 is 1.96 bits per heavy atom. The summed E-state index contributed by atoms with van der Waals surface area (Å²) < 4.78 is 31.6. The summed E-state index contributed by atoms with van der Waals surface area (Å²) in [6, 6.07) is 3.93. The van der Waals surface area contributed by atoms with E-state index in [0.29, 0.717) is 5.69 Å². The number of anilines is 2. The first-order chi connectivity index (χ1) is 13.5. The summed E-state index contributed by atoms with van der Waals surface area (Å²) >= 11 is 0. The molecule has 0 aliphatic rings. The summed E-state index contributed by atoms with van der Waals surface area (Å²) in [7, 11) is 0. The monoisotopic (exact) mass is 391 g/mol. The second kappa shape index (κ2) is 8.50. The number of amides is 1. The maximum absolute atomic E-state index is 13.3. The van der Waals surface area contributed by atoms with Crippen LogP contribution in [-0.2, 0) is 0 Å². The molecule has 0 radical (unpaired) electrons. The Labute approximate surface area is 157 Å². The van der Waals surface area contributed by atoms with Crippen LogP contribution in [-0.4, -0.2) is 50.3 Å². The van der Waals surface area contributed by atoms with E-state index in [9.17, 15) is 18.7 Å². The molecule has 0 bridgehead atoms. The van der Waals surface area contributed by atoms with Gasteiger partial charge in [0.05, 0.1) is 37.0 Å². The van der Waals surface area contributed by atoms with Crippen LogP contribution in [0.25, 0.3) is 11.5 Å². The van der Waals surface area contributed by atoms with Gasteiger partial charge in [-0.1, -0.05) is 0 Å². The number of carbonyl (C=O) groups excluding carboxylic acids is 1. The van der Waals surface area contributed by atoms with E-state index in [1.165, 1.54) is 18.5 Å². The normalized spacial score (nSPS) is 11.9. The van der Waals surface area contributed by atoms with E-state index in [1.54, 1.807) is 6.07 Å². The van der Waals surface area contributed by atoms with Crippen LogP contribution in [0.15, 0.2) is 41.2 Å². The highest BCUT2D eigenvalue weighted by Crippen LogP contribution is 2.23. The molecule has 3 aromatic rings. The van der Waals surface area contributed by atoms with E-state index in [4.69, 9.17) is 9.52 Å². The Kier molecular flexibility index (Phi) is 5.87. The number of hydrogen-bond acceptors (Lipinski definition) is 8. The van der Waals surface area contributed by atoms with Crippen molar-refractivity contribution < 1.29 is 28.2 Å². The zero-order valence-electron chi connectivity index (χ0n) is 14.3. The third-order valence-corrected chi connectivity index (χ3v) is 3.52. The van der Waals surface area contributed by atoms with Crippen LogP contribution in [0.1, 0.15) is 10.5 Å². The lowest BCUT2D eigenvalue weighted by Gasteiger charge is -2.08. The van der Waals surface area contributed by atoms with Crippen LogP contribution < -0.4 is 10.6 Å². The standard InChI is InChI=1S/C17H15F2N5O4/c18-11-3-14(21-6-12(11)19)15-7-23-17(28-15)24-9-1-2-13(20-4-9)16(27)22-5-10(26)8-25/h1-4,6-7,10,25-26H,5,8H2,(H,22,27)(H,23,24)/t10-/m1/s1. The fraction of sp³-hybridized carbons (Fsp3) is 0.176. The van der Waals surface area contributed by atoms with Crippen LogP contribution in [0.3, 0.4) is 0 Å². The Balaban J connectivity index is 1.64. The number of aromatic nitrogens is 3. The highest BCUT2D eigenvalue weighted by atomic mass is 19.2. The molecule has 0 saturated carbocycles. The molecular formula is C17H15F2N5O4. The van der Waals surface area contributed by atoms with Gasteiger partial charge in [0.25, 0.3) is 11.9 Å². The first-order valence-corrected chi connectivity index (χ1v) is 8.03. The van der Waals surface area contributed by atoms with Gasteiger partial charge in [-0.3, -0.25) is 4.79 Å². The molecule has 0 unspecified atom stereocenters. The lowest BCUT2D eigenvalue weighted by atomic mass is 10.3. The van der Waals surface area contributed by atoms with Crippen LogP contribution in [0.5, 0.6) is 0 Å². The topological polar surface area (TPSA) is 133 Å². The fourth-order valence-corrected chi connectivity index (χ4v) is 2.09. The van der Waals surface area contributed by atoms with Gasteiger partial charge in [-0.05, 0) is 12.1 Å². The predicted octanol–water partition coefficient (Wildman–Crippen LogP) is 1.24. The molecule has 0 saturated heterocycles. The molecule has 28 heavy (non-hydrogen) atoms. The van der Waals surface area contributed by atoms with Gasteiger partial charge in [0, 0.05) is 12.6 Å². The molecule has 3 heterocycles. The van der Waals surface area contributed by atoms with E-state index in [-0.39, 0.29) is 29.7 Å². The molecule has 0 spiro atoms. The van der Waals surface area contributed by atoms with Crippen LogP contribution in [0, 0.1) is 11.6 Å². The van der Waals surface area contributed by atoms with Crippen LogP contribution in [0.2, 0.25) is 0 Å². The minimum absolute atomic E-state index is 0.0617. The van der Waals surface area contributed by atoms with Crippen LogP contribution in [0.4, 0.5) is 20.5 Å². The lowest BCUT2D eigenvalue weighted by molar-refractivity contribution is 0.0799. The van der Waals surface area contributed by atoms with Gasteiger partial charge in [0.2, 0.25) is 0 Å². The SMILES string of the molecule is O=C(NC[C@@H](O)CO)c1ccc(Nc2ncc(-c3cc(F)c(F)cn3)o2)cn1. The second-order valence-electron chi connectivity index (χ2n) is 5.62. The highest BCUT2D eigenvalue weighted by molar-refractivity contribution is 5.92. The van der Waals surface area contributed by atoms with E-state index in [0.717, 1.165) is 12.3 Å². The predicted molar refractivity (Wildman–Crippen MR) is 92.6 cm³/mol. The third-order valence-electron chi connectivity index (χ3n) is 3.52. The number of rotatable bonds is 7. The van der Waals surface area contributed by atoms with Crippen molar-refractivity contribution in [2.24, 2.45) is 0 Å². The fourth-order valence-electron chi connectivity index (χ4n) is 2.09. The van der Waals surface area contributed by atoms with Crippen molar-refractivity contribution in [2.75, 3.05) is 18.5 Å². The molecule has 0 fully saturated rings. The van der Waals surface area contributed by atoms with Gasteiger partial charge in [-0.2, -0.15) is 0 Å². The van der Waals surface area contributed by atoms with Crippen LogP contribution >= 0.6 is 0 Å². The Bertz CT molecular complexity index is 964. The van der Waals surface area contributed by atoms with Gasteiger partial charge < -0.3 is 25.3 Å². The Morgan fingerprint density at radius 3 is 2.64 bits per heavy atom. The molecule has 0 aliphatic heterocycles. The number of aliphatic hydroxyl groups is 2. The van der Waals surface area contributed by atoms with E-state index < -0.39 is 30.3 Å². The quantitative estimate of drug-likeness (QED) is 0.473. The maximum Gasteiger partial charge on any atom is 0.299 e. The van der Waals surface area contributed by atoms with Crippen molar-refractivity contribution in [3.8, 4) is 11.5 Å². The molecule has 3 rings (SSSR count). The average Bonchev–Trinajstić information content (AvgIpc) is 3.17. The largest absolute Gasteiger partial charge is 0.422 e. The summed E-state index contributed by atoms with van der Waals surface area (Å²) in [4.78, 5) is 23.5. The molecule has 0 aliphatic carbocycles. The number of nitrogens with one attached hydrogen (secondary N) is 2. The first kappa shape index (κ1) is 19.3. The molecule has 1 atom stereocenters. The van der Waals surface area contributed by atoms with Crippen molar-refractivity contribution in [3.05, 3.63) is 54.1 Å². The van der Waals surface area contributed by atoms with Crippen molar-refractivity contribution in [3.63, 3.8) is 0 Å². The first-order valence-electron chi connectivity index (χ1n) is 8.03. The molecule has 146 valence electrons. The second-order valence-corrected chi connectivity index (χ2v) is 5.62. The summed E-state index contributed by atoms with van der Waals surface area (Å²) in [5.41, 5.74) is 0.642. The van der Waals surface area contributed by atoms with Gasteiger partial charge >= 0.3 is 0 Å². The van der Waals surface area contributed by atoms with Gasteiger partial charge in [0.15, 0.2) is 17.4 Å². The summed E-state index contributed by atoms with van der Waals surface area (Å²) in [6.07, 6.45) is 2.35. The maximum atomic E-state index is 13.3. The summed E-state index contributed by atoms with van der Waals surface area (Å²) in [5.74, 6) is -2.50. The Hall–Kier alpha value is -3.44. The van der Waals surface area contributed by atoms with E-state index in [2.05, 4.69) is 25.6 Å². The van der Waals surface area contributed by atoms with Crippen molar-refractivity contribution >= 4 is 17.6 Å². The summed E-state index contributed by atoms with van der Waals surface area (Å²) in [6.45, 7) is -0.567. The minimum atomic E-state index is -1.07. The molecule has 11 heteroatoms. The lowest BCUT2D eigenvalue weighted by Crippen LogP contribution is -2.34. The zero-order valence-corrected chi connectivity index (χ0v) is 14.3. The number of aliphatic hydroxyl groups excluding tert-OH is 2. The van der Waals surface area contributed by atoms with Gasteiger partial charge in [-0.15, -0.1) is 0 Å². The molecule has 0 aromatic carbocycles. The summed E-state index contributed by atoms with van der Waals surface area (Å²) in [5, 5.41) is 23.2. The number of oxazole rings is 1. The molecule has 9 nitrogen and oxygen atoms in total. The van der Waals surface area contributed by atoms with Gasteiger partial charge in [0.1, 0.15) is 11.4 Å². The smallest absolute Gasteiger partial charge is 0.299 e. The minimum Gasteiger partial charge on any atom is -0.422 e. The molecule has 3 aromatic heterocycles. The zero-order chi connectivity index (χ0) is 20.1. The van der Waals surface area contributed by atoms with E-state index >= 15 is 0 Å². The highest BCUT2D eigenvalue weighted by Gasteiger charge is 2.13. The van der Waals surface area contributed by atoms with Crippen molar-refractivity contribution in [1.29, 1.82) is 0 Å².